The first-order valence-corrected chi connectivity index (χ1v) is 8.91. The summed E-state index contributed by atoms with van der Waals surface area (Å²) in [6.45, 7) is 1.09. The van der Waals surface area contributed by atoms with Gasteiger partial charge in [0.25, 0.3) is 17.7 Å². The molecule has 144 valence electrons. The second kappa shape index (κ2) is 8.22. The summed E-state index contributed by atoms with van der Waals surface area (Å²) in [5.41, 5.74) is 1.28. The molecule has 0 unspecified atom stereocenters. The van der Waals surface area contributed by atoms with E-state index in [-0.39, 0.29) is 17.7 Å². The molecule has 1 heterocycles. The monoisotopic (exact) mass is 400 g/mol. The van der Waals surface area contributed by atoms with Crippen molar-refractivity contribution < 1.29 is 23.9 Å². The van der Waals surface area contributed by atoms with Crippen molar-refractivity contribution in [2.45, 2.75) is 19.5 Å². The van der Waals surface area contributed by atoms with Crippen LogP contribution < -0.4 is 5.32 Å². The highest BCUT2D eigenvalue weighted by Gasteiger charge is 2.41. The molecule has 1 N–H and O–H groups in total. The van der Waals surface area contributed by atoms with E-state index in [1.165, 1.54) is 19.1 Å². The van der Waals surface area contributed by atoms with Crippen LogP contribution in [-0.2, 0) is 20.9 Å². The van der Waals surface area contributed by atoms with Crippen LogP contribution in [-0.4, -0.2) is 41.2 Å². The Hall–Kier alpha value is -3.19. The number of ether oxygens (including phenoxy) is 1. The average Bonchev–Trinajstić information content (AvgIpc) is 2.95. The topological polar surface area (TPSA) is 92.8 Å². The molecule has 28 heavy (non-hydrogen) atoms. The number of fused-ring (bicyclic) bond motifs is 1. The van der Waals surface area contributed by atoms with Crippen LogP contribution >= 0.6 is 11.6 Å². The number of hydrogen-bond donors (Lipinski definition) is 1. The maximum absolute atomic E-state index is 12.4. The van der Waals surface area contributed by atoms with Gasteiger partial charge in [-0.05, 0) is 36.8 Å². The number of halogens is 1. The minimum Gasteiger partial charge on any atom is -0.454 e. The summed E-state index contributed by atoms with van der Waals surface area (Å²) >= 11 is 5.88. The molecule has 0 aliphatic carbocycles. The van der Waals surface area contributed by atoms with Gasteiger partial charge in [0, 0.05) is 11.6 Å². The number of nitrogens with zero attached hydrogens (tertiary/aromatic N) is 1. The van der Waals surface area contributed by atoms with Gasteiger partial charge >= 0.3 is 5.97 Å². The Labute approximate surface area is 166 Å². The Morgan fingerprint density at radius 3 is 2.32 bits per heavy atom. The quantitative estimate of drug-likeness (QED) is 0.592. The van der Waals surface area contributed by atoms with Gasteiger partial charge in [-0.25, -0.2) is 4.79 Å². The van der Waals surface area contributed by atoms with Gasteiger partial charge in [0.05, 0.1) is 11.1 Å². The summed E-state index contributed by atoms with van der Waals surface area (Å²) in [6, 6.07) is 12.2. The van der Waals surface area contributed by atoms with Gasteiger partial charge in [-0.1, -0.05) is 35.9 Å². The standard InChI is InChI=1S/C20H17ClN2O5/c1-12(23-18(25)15-7-2-3-8-16(15)19(23)26)20(27)28-11-17(24)22-10-13-5-4-6-14(21)9-13/h2-9,12H,10-11H2,1H3,(H,22,24)/t12-/m1/s1. The van der Waals surface area contributed by atoms with Gasteiger partial charge < -0.3 is 10.1 Å². The molecular weight excluding hydrogens is 384 g/mol. The molecule has 0 saturated heterocycles. The molecule has 0 spiro atoms. The molecule has 7 nitrogen and oxygen atoms in total. The third-order valence-corrected chi connectivity index (χ3v) is 4.51. The van der Waals surface area contributed by atoms with Crippen LogP contribution in [0.3, 0.4) is 0 Å². The van der Waals surface area contributed by atoms with Crippen LogP contribution in [0.4, 0.5) is 0 Å². The van der Waals surface area contributed by atoms with E-state index >= 15 is 0 Å². The Bertz CT molecular complexity index is 924. The molecule has 2 aromatic rings. The predicted octanol–water partition coefficient (Wildman–Crippen LogP) is 2.18. The number of esters is 1. The smallest absolute Gasteiger partial charge is 0.329 e. The number of benzene rings is 2. The zero-order chi connectivity index (χ0) is 20.3. The normalized spacial score (nSPS) is 13.9. The zero-order valence-corrected chi connectivity index (χ0v) is 15.7. The number of nitrogens with one attached hydrogen (secondary N) is 1. The Morgan fingerprint density at radius 1 is 1.07 bits per heavy atom. The van der Waals surface area contributed by atoms with Crippen LogP contribution in [0.5, 0.6) is 0 Å². The van der Waals surface area contributed by atoms with E-state index in [9.17, 15) is 19.2 Å². The van der Waals surface area contributed by atoms with Crippen molar-refractivity contribution in [3.8, 4) is 0 Å². The molecule has 0 radical (unpaired) electrons. The summed E-state index contributed by atoms with van der Waals surface area (Å²) in [4.78, 5) is 49.7. The van der Waals surface area contributed by atoms with Crippen LogP contribution in [0.15, 0.2) is 48.5 Å². The number of carbonyl (C=O) groups excluding carboxylic acids is 4. The predicted molar refractivity (Wildman–Crippen MR) is 101 cm³/mol. The first-order chi connectivity index (χ1) is 13.4. The summed E-state index contributed by atoms with van der Waals surface area (Å²) in [5, 5.41) is 3.15. The molecule has 1 atom stereocenters. The van der Waals surface area contributed by atoms with Gasteiger partial charge in [-0.15, -0.1) is 0 Å². The second-order valence-corrected chi connectivity index (χ2v) is 6.65. The highest BCUT2D eigenvalue weighted by Crippen LogP contribution is 2.24. The lowest BCUT2D eigenvalue weighted by molar-refractivity contribution is -0.151. The zero-order valence-electron chi connectivity index (χ0n) is 15.0. The second-order valence-electron chi connectivity index (χ2n) is 6.22. The van der Waals surface area contributed by atoms with Crippen molar-refractivity contribution in [2.75, 3.05) is 6.61 Å². The van der Waals surface area contributed by atoms with Crippen molar-refractivity contribution in [3.63, 3.8) is 0 Å². The maximum atomic E-state index is 12.4. The van der Waals surface area contributed by atoms with Gasteiger partial charge in [-0.3, -0.25) is 19.3 Å². The molecular formula is C20H17ClN2O5. The molecule has 3 rings (SSSR count). The van der Waals surface area contributed by atoms with Crippen molar-refractivity contribution in [3.05, 3.63) is 70.2 Å². The van der Waals surface area contributed by atoms with E-state index < -0.39 is 36.3 Å². The molecule has 0 fully saturated rings. The summed E-state index contributed by atoms with van der Waals surface area (Å²) in [7, 11) is 0. The minimum atomic E-state index is -1.15. The largest absolute Gasteiger partial charge is 0.454 e. The van der Waals surface area contributed by atoms with E-state index in [2.05, 4.69) is 5.32 Å². The highest BCUT2D eigenvalue weighted by atomic mass is 35.5. The van der Waals surface area contributed by atoms with E-state index in [0.29, 0.717) is 5.02 Å². The van der Waals surface area contributed by atoms with Crippen LogP contribution in [0.1, 0.15) is 33.2 Å². The lowest BCUT2D eigenvalue weighted by atomic mass is 10.1. The number of imide groups is 1. The van der Waals surface area contributed by atoms with Crippen molar-refractivity contribution in [1.29, 1.82) is 0 Å². The molecule has 2 aromatic carbocycles. The first kappa shape index (κ1) is 19.6. The van der Waals surface area contributed by atoms with Crippen molar-refractivity contribution in [2.24, 2.45) is 0 Å². The lowest BCUT2D eigenvalue weighted by Crippen LogP contribution is -2.44. The average molecular weight is 401 g/mol. The maximum Gasteiger partial charge on any atom is 0.329 e. The summed E-state index contributed by atoms with van der Waals surface area (Å²) in [6.07, 6.45) is 0. The van der Waals surface area contributed by atoms with Crippen LogP contribution in [0, 0.1) is 0 Å². The first-order valence-electron chi connectivity index (χ1n) is 8.53. The van der Waals surface area contributed by atoms with Gasteiger partial charge in [0.1, 0.15) is 6.04 Å². The van der Waals surface area contributed by atoms with E-state index in [1.807, 2.05) is 0 Å². The number of rotatable bonds is 6. The number of amides is 3. The van der Waals surface area contributed by atoms with Gasteiger partial charge in [-0.2, -0.15) is 0 Å². The molecule has 0 saturated carbocycles. The fourth-order valence-corrected chi connectivity index (χ4v) is 3.03. The number of carbonyl (C=O) groups is 4. The SMILES string of the molecule is C[C@H](C(=O)OCC(=O)NCc1cccc(Cl)c1)N1C(=O)c2ccccc2C1=O. The van der Waals surface area contributed by atoms with E-state index in [1.54, 1.807) is 36.4 Å². The molecule has 0 bridgehead atoms. The molecule has 0 aromatic heterocycles. The van der Waals surface area contributed by atoms with Gasteiger partial charge in [0.15, 0.2) is 6.61 Å². The third-order valence-electron chi connectivity index (χ3n) is 4.28. The number of hydrogen-bond acceptors (Lipinski definition) is 5. The third kappa shape index (κ3) is 4.04. The molecule has 1 aliphatic heterocycles. The van der Waals surface area contributed by atoms with Crippen molar-refractivity contribution >= 4 is 35.3 Å². The van der Waals surface area contributed by atoms with E-state index in [0.717, 1.165) is 10.5 Å². The fraction of sp³-hybridized carbons (Fsp3) is 0.200. The summed E-state index contributed by atoms with van der Waals surface area (Å²) < 4.78 is 4.96. The van der Waals surface area contributed by atoms with E-state index in [4.69, 9.17) is 16.3 Å². The molecule has 3 amide bonds. The Kier molecular flexibility index (Phi) is 5.75. The van der Waals surface area contributed by atoms with Crippen LogP contribution in [0.25, 0.3) is 0 Å². The molecule has 8 heteroatoms. The fourth-order valence-electron chi connectivity index (χ4n) is 2.82. The van der Waals surface area contributed by atoms with Gasteiger partial charge in [0.2, 0.25) is 0 Å². The minimum absolute atomic E-state index is 0.227. The highest BCUT2D eigenvalue weighted by molar-refractivity contribution is 6.30. The Balaban J connectivity index is 1.53. The lowest BCUT2D eigenvalue weighted by Gasteiger charge is -2.20. The molecule has 1 aliphatic rings. The van der Waals surface area contributed by atoms with Crippen LogP contribution in [0.2, 0.25) is 5.02 Å². The summed E-state index contributed by atoms with van der Waals surface area (Å²) in [5.74, 6) is -2.47. The van der Waals surface area contributed by atoms with Crippen molar-refractivity contribution in [1.82, 2.24) is 10.2 Å². The Morgan fingerprint density at radius 2 is 1.71 bits per heavy atom.